The van der Waals surface area contributed by atoms with E-state index in [0.29, 0.717) is 0 Å². The number of hydrogen-bond acceptors (Lipinski definition) is 4. The van der Waals surface area contributed by atoms with E-state index >= 15 is 0 Å². The third kappa shape index (κ3) is 13.5. The molecular weight excluding hydrogens is 266 g/mol. The van der Waals surface area contributed by atoms with Gasteiger partial charge in [-0.25, -0.2) is 0 Å². The molecule has 1 aliphatic heterocycles. The number of unbranched alkanes of at least 4 members (excludes halogenated alkanes) is 7. The number of nitrogens with two attached hydrogens (primary N) is 1. The first-order valence-electron chi connectivity index (χ1n) is 8.14. The van der Waals surface area contributed by atoms with Crippen molar-refractivity contribution in [3.8, 4) is 0 Å². The Morgan fingerprint density at radius 3 is 2.05 bits per heavy atom. The SMILES string of the molecule is CCCCCCCCCCN1C=CN(C)C1.NCC(=O)O. The zero-order valence-corrected chi connectivity index (χ0v) is 13.8. The lowest BCUT2D eigenvalue weighted by Crippen LogP contribution is -2.23. The molecule has 0 bridgehead atoms. The van der Waals surface area contributed by atoms with Crippen molar-refractivity contribution in [1.82, 2.24) is 9.80 Å². The summed E-state index contributed by atoms with van der Waals surface area (Å²) in [5, 5.41) is 7.60. The molecule has 0 amide bonds. The summed E-state index contributed by atoms with van der Waals surface area (Å²) in [7, 11) is 2.13. The Bertz CT molecular complexity index is 283. The Kier molecular flexibility index (Phi) is 12.9. The summed E-state index contributed by atoms with van der Waals surface area (Å²) < 4.78 is 0. The largest absolute Gasteiger partial charge is 0.480 e. The highest BCUT2D eigenvalue weighted by molar-refractivity contribution is 5.68. The predicted octanol–water partition coefficient (Wildman–Crippen LogP) is 2.83. The van der Waals surface area contributed by atoms with Gasteiger partial charge in [-0.1, -0.05) is 51.9 Å². The van der Waals surface area contributed by atoms with Crippen molar-refractivity contribution in [2.24, 2.45) is 5.73 Å². The first-order valence-corrected chi connectivity index (χ1v) is 8.14. The van der Waals surface area contributed by atoms with E-state index in [-0.39, 0.29) is 6.54 Å². The van der Waals surface area contributed by atoms with E-state index < -0.39 is 5.97 Å². The van der Waals surface area contributed by atoms with Crippen LogP contribution < -0.4 is 5.73 Å². The van der Waals surface area contributed by atoms with Crippen LogP contribution >= 0.6 is 0 Å². The van der Waals surface area contributed by atoms with Crippen molar-refractivity contribution in [3.05, 3.63) is 12.4 Å². The molecule has 0 atom stereocenters. The van der Waals surface area contributed by atoms with E-state index in [0.717, 1.165) is 6.67 Å². The lowest BCUT2D eigenvalue weighted by molar-refractivity contribution is -0.135. The molecule has 21 heavy (non-hydrogen) atoms. The summed E-state index contributed by atoms with van der Waals surface area (Å²) in [6, 6.07) is 0. The van der Waals surface area contributed by atoms with Gasteiger partial charge in [-0.05, 0) is 6.42 Å². The molecule has 1 heterocycles. The minimum atomic E-state index is -0.968. The summed E-state index contributed by atoms with van der Waals surface area (Å²) in [5.41, 5.74) is 4.57. The normalized spacial score (nSPS) is 13.3. The van der Waals surface area contributed by atoms with Gasteiger partial charge < -0.3 is 20.6 Å². The van der Waals surface area contributed by atoms with E-state index in [9.17, 15) is 4.79 Å². The van der Waals surface area contributed by atoms with E-state index in [1.54, 1.807) is 0 Å². The fourth-order valence-electron chi connectivity index (χ4n) is 2.18. The highest BCUT2D eigenvalue weighted by atomic mass is 16.4. The maximum absolute atomic E-state index is 9.24. The molecule has 5 nitrogen and oxygen atoms in total. The van der Waals surface area contributed by atoms with Gasteiger partial charge in [0.1, 0.15) is 0 Å². The predicted molar refractivity (Wildman–Crippen MR) is 87.8 cm³/mol. The fourth-order valence-corrected chi connectivity index (χ4v) is 2.18. The standard InChI is InChI=1S/C14H28N2.C2H5NO2/c1-3-4-5-6-7-8-9-10-11-16-13-12-15(2)14-16;3-1-2(4)5/h12-13H,3-11,14H2,1-2H3;1,3H2,(H,4,5). The Balaban J connectivity index is 0.000000690. The fraction of sp³-hybridized carbons (Fsp3) is 0.812. The number of carbonyl (C=O) groups is 1. The van der Waals surface area contributed by atoms with Gasteiger partial charge in [-0.3, -0.25) is 4.79 Å². The van der Waals surface area contributed by atoms with Crippen molar-refractivity contribution >= 4 is 5.97 Å². The van der Waals surface area contributed by atoms with Crippen LogP contribution in [0.15, 0.2) is 12.4 Å². The topological polar surface area (TPSA) is 69.8 Å². The van der Waals surface area contributed by atoms with Crippen LogP contribution in [-0.4, -0.2) is 47.7 Å². The van der Waals surface area contributed by atoms with Gasteiger partial charge in [-0.2, -0.15) is 0 Å². The van der Waals surface area contributed by atoms with Crippen molar-refractivity contribution in [3.63, 3.8) is 0 Å². The molecule has 0 fully saturated rings. The van der Waals surface area contributed by atoms with E-state index in [2.05, 4.69) is 41.9 Å². The van der Waals surface area contributed by atoms with E-state index in [4.69, 9.17) is 5.11 Å². The van der Waals surface area contributed by atoms with Gasteiger partial charge in [0.2, 0.25) is 0 Å². The molecule has 0 aromatic rings. The first-order chi connectivity index (χ1) is 10.1. The van der Waals surface area contributed by atoms with Gasteiger partial charge in [0.05, 0.1) is 13.2 Å². The highest BCUT2D eigenvalue weighted by Gasteiger charge is 2.06. The smallest absolute Gasteiger partial charge is 0.317 e. The minimum absolute atomic E-state index is 0.278. The maximum atomic E-state index is 9.24. The average molecular weight is 299 g/mol. The molecule has 5 heteroatoms. The zero-order valence-electron chi connectivity index (χ0n) is 13.8. The Morgan fingerprint density at radius 1 is 1.10 bits per heavy atom. The van der Waals surface area contributed by atoms with Gasteiger partial charge in [0, 0.05) is 26.0 Å². The van der Waals surface area contributed by atoms with Gasteiger partial charge in [0.15, 0.2) is 0 Å². The highest BCUT2D eigenvalue weighted by Crippen LogP contribution is 2.10. The summed E-state index contributed by atoms with van der Waals surface area (Å²) >= 11 is 0. The molecule has 124 valence electrons. The molecule has 0 radical (unpaired) electrons. The summed E-state index contributed by atoms with van der Waals surface area (Å²) in [5.74, 6) is -0.968. The second-order valence-corrected chi connectivity index (χ2v) is 5.58. The van der Waals surface area contributed by atoms with Crippen LogP contribution in [0.4, 0.5) is 0 Å². The molecular formula is C16H33N3O2. The summed E-state index contributed by atoms with van der Waals surface area (Å²) in [6.07, 6.45) is 15.7. The lowest BCUT2D eigenvalue weighted by atomic mass is 10.1. The molecule has 1 rings (SSSR count). The number of rotatable bonds is 10. The Morgan fingerprint density at radius 2 is 1.62 bits per heavy atom. The molecule has 0 aromatic heterocycles. The monoisotopic (exact) mass is 299 g/mol. The van der Waals surface area contributed by atoms with E-state index in [1.165, 1.54) is 57.9 Å². The molecule has 0 saturated carbocycles. The number of carboxylic acid groups (broad SMARTS) is 1. The van der Waals surface area contributed by atoms with Crippen LogP contribution in [0.1, 0.15) is 58.3 Å². The molecule has 0 aromatic carbocycles. The second kappa shape index (κ2) is 13.7. The molecule has 0 unspecified atom stereocenters. The van der Waals surface area contributed by atoms with Crippen LogP contribution in [0.3, 0.4) is 0 Å². The van der Waals surface area contributed by atoms with E-state index in [1.807, 2.05) is 0 Å². The van der Waals surface area contributed by atoms with Crippen molar-refractivity contribution in [2.45, 2.75) is 58.3 Å². The van der Waals surface area contributed by atoms with Crippen LogP contribution in [0.5, 0.6) is 0 Å². The van der Waals surface area contributed by atoms with Crippen LogP contribution in [-0.2, 0) is 4.79 Å². The number of aliphatic carboxylic acids is 1. The first kappa shape index (κ1) is 19.8. The van der Waals surface area contributed by atoms with Crippen molar-refractivity contribution < 1.29 is 9.90 Å². The number of hydrogen-bond donors (Lipinski definition) is 2. The van der Waals surface area contributed by atoms with Gasteiger partial charge in [-0.15, -0.1) is 0 Å². The molecule has 0 aliphatic carbocycles. The second-order valence-electron chi connectivity index (χ2n) is 5.58. The molecule has 1 aliphatic rings. The van der Waals surface area contributed by atoms with Crippen LogP contribution in [0, 0.1) is 0 Å². The minimum Gasteiger partial charge on any atom is -0.480 e. The quantitative estimate of drug-likeness (QED) is 0.607. The Labute approximate surface area is 129 Å². The third-order valence-corrected chi connectivity index (χ3v) is 3.41. The molecule has 0 spiro atoms. The zero-order chi connectivity index (χ0) is 15.9. The summed E-state index contributed by atoms with van der Waals surface area (Å²) in [6.45, 7) is 4.31. The third-order valence-electron chi connectivity index (χ3n) is 3.41. The van der Waals surface area contributed by atoms with Gasteiger partial charge in [0.25, 0.3) is 0 Å². The lowest BCUT2D eigenvalue weighted by Gasteiger charge is -2.17. The van der Waals surface area contributed by atoms with Crippen molar-refractivity contribution in [1.29, 1.82) is 0 Å². The number of carboxylic acids is 1. The van der Waals surface area contributed by atoms with Crippen LogP contribution in [0.25, 0.3) is 0 Å². The summed E-state index contributed by atoms with van der Waals surface area (Å²) in [4.78, 5) is 13.9. The van der Waals surface area contributed by atoms with Gasteiger partial charge >= 0.3 is 5.97 Å². The average Bonchev–Trinajstić information content (AvgIpc) is 2.88. The van der Waals surface area contributed by atoms with Crippen LogP contribution in [0.2, 0.25) is 0 Å². The maximum Gasteiger partial charge on any atom is 0.317 e. The number of nitrogens with zero attached hydrogens (tertiary/aromatic N) is 2. The van der Waals surface area contributed by atoms with Crippen molar-refractivity contribution in [2.75, 3.05) is 26.8 Å². The Hall–Kier alpha value is -1.23. The molecule has 0 saturated heterocycles. The molecule has 3 N–H and O–H groups in total.